The summed E-state index contributed by atoms with van der Waals surface area (Å²) in [5.74, 6) is 3.42. The van der Waals surface area contributed by atoms with Gasteiger partial charge < -0.3 is 0 Å². The molecule has 7 heterocycles. The summed E-state index contributed by atoms with van der Waals surface area (Å²) < 4.78 is 0. The van der Waals surface area contributed by atoms with E-state index in [1.807, 2.05) is 43.2 Å². The van der Waals surface area contributed by atoms with E-state index in [2.05, 4.69) is 74.7 Å². The van der Waals surface area contributed by atoms with Gasteiger partial charge in [-0.15, -0.1) is 35.3 Å². The minimum atomic E-state index is -0.0934. The Morgan fingerprint density at radius 3 is 1.13 bits per heavy atom. The van der Waals surface area contributed by atoms with Crippen molar-refractivity contribution in [2.75, 3.05) is 17.3 Å². The summed E-state index contributed by atoms with van der Waals surface area (Å²) in [5.41, 5.74) is 6.85. The molecule has 0 spiro atoms. The van der Waals surface area contributed by atoms with Crippen LogP contribution < -0.4 is 0 Å². The highest BCUT2D eigenvalue weighted by atomic mass is 32.2. The summed E-state index contributed by atoms with van der Waals surface area (Å²) in [4.78, 5) is 38.7. The van der Waals surface area contributed by atoms with E-state index in [1.54, 1.807) is 35.3 Å². The average molecular weight is 651 g/mol. The first kappa shape index (κ1) is 30.3. The van der Waals surface area contributed by atoms with Crippen LogP contribution in [0.15, 0.2) is 76.4 Å². The molecule has 0 aromatic carbocycles. The van der Waals surface area contributed by atoms with Gasteiger partial charge in [0.05, 0.1) is 43.1 Å². The zero-order valence-electron chi connectivity index (χ0n) is 26.2. The van der Waals surface area contributed by atoms with E-state index in [4.69, 9.17) is 24.9 Å². The Kier molecular flexibility index (Phi) is 7.69. The summed E-state index contributed by atoms with van der Waals surface area (Å²) in [6.07, 6.45) is 11.1. The smallest absolute Gasteiger partial charge is 0.161 e. The molecule has 0 unspecified atom stereocenters. The van der Waals surface area contributed by atoms with E-state index in [1.165, 1.54) is 0 Å². The van der Waals surface area contributed by atoms with Crippen LogP contribution in [0.1, 0.15) is 58.2 Å². The molecule has 228 valence electrons. The van der Waals surface area contributed by atoms with Crippen LogP contribution in [0, 0.1) is 0 Å². The summed E-state index contributed by atoms with van der Waals surface area (Å²) >= 11 is 5.29. The third kappa shape index (κ3) is 6.62. The number of hydrogen-bond donors (Lipinski definition) is 0. The van der Waals surface area contributed by atoms with Gasteiger partial charge in [0.1, 0.15) is 0 Å². The normalized spacial score (nSPS) is 19.7. The Morgan fingerprint density at radius 2 is 0.778 bits per heavy atom. The van der Waals surface area contributed by atoms with Gasteiger partial charge >= 0.3 is 0 Å². The van der Waals surface area contributed by atoms with Crippen molar-refractivity contribution in [3.8, 4) is 33.9 Å². The van der Waals surface area contributed by atoms with E-state index in [0.717, 1.165) is 77.2 Å². The van der Waals surface area contributed by atoms with E-state index in [-0.39, 0.29) is 16.6 Å². The second kappa shape index (κ2) is 11.4. The van der Waals surface area contributed by atoms with Gasteiger partial charge in [0.2, 0.25) is 0 Å². The van der Waals surface area contributed by atoms with E-state index >= 15 is 0 Å². The molecule has 45 heavy (non-hydrogen) atoms. The first-order valence-electron chi connectivity index (χ1n) is 14.9. The van der Waals surface area contributed by atoms with Crippen LogP contribution in [-0.4, -0.2) is 73.9 Å². The molecular weight excluding hydrogens is 617 g/mol. The molecule has 0 N–H and O–H groups in total. The van der Waals surface area contributed by atoms with E-state index < -0.39 is 0 Å². The third-order valence-electron chi connectivity index (χ3n) is 7.43. The minimum Gasteiger partial charge on any atom is -0.271 e. The number of thioether (sulfide) groups is 3. The molecule has 11 heteroatoms. The Bertz CT molecular complexity index is 1680. The Balaban J connectivity index is 1.34. The summed E-state index contributed by atoms with van der Waals surface area (Å²) in [5, 5.41) is 3.01. The molecule has 0 saturated carbocycles. The lowest BCUT2D eigenvalue weighted by atomic mass is 10.1. The third-order valence-corrected chi connectivity index (χ3v) is 11.8. The molecule has 4 aromatic heterocycles. The highest BCUT2D eigenvalue weighted by Gasteiger charge is 2.29. The maximum atomic E-state index is 5.08. The highest BCUT2D eigenvalue weighted by molar-refractivity contribution is 8.15. The van der Waals surface area contributed by atoms with Crippen LogP contribution in [0.25, 0.3) is 33.9 Å². The Morgan fingerprint density at radius 1 is 0.444 bits per heavy atom. The Labute approximate surface area is 276 Å². The van der Waals surface area contributed by atoms with Crippen molar-refractivity contribution in [3.63, 3.8) is 0 Å². The van der Waals surface area contributed by atoms with Gasteiger partial charge in [-0.25, -0.2) is 9.97 Å². The quantitative estimate of drug-likeness (QED) is 0.212. The highest BCUT2D eigenvalue weighted by Crippen LogP contribution is 2.35. The number of aromatic nitrogens is 5. The summed E-state index contributed by atoms with van der Waals surface area (Å²) in [6, 6.07) is 8.35. The summed E-state index contributed by atoms with van der Waals surface area (Å²) in [7, 11) is 0. The maximum Gasteiger partial charge on any atom is 0.161 e. The molecule has 3 aliphatic rings. The second-order valence-corrected chi connectivity index (χ2v) is 16.3. The van der Waals surface area contributed by atoms with Gasteiger partial charge in [-0.2, -0.15) is 0 Å². The van der Waals surface area contributed by atoms with Crippen molar-refractivity contribution in [3.05, 3.63) is 78.1 Å². The number of aliphatic imine (C=N–C) groups is 3. The summed E-state index contributed by atoms with van der Waals surface area (Å²) in [6.45, 7) is 12.9. The lowest BCUT2D eigenvalue weighted by Crippen LogP contribution is -2.15. The molecule has 0 atom stereocenters. The van der Waals surface area contributed by atoms with Crippen LogP contribution in [0.3, 0.4) is 0 Å². The molecule has 0 bridgehead atoms. The van der Waals surface area contributed by atoms with Crippen molar-refractivity contribution in [2.45, 2.75) is 58.2 Å². The molecule has 8 nitrogen and oxygen atoms in total. The van der Waals surface area contributed by atoms with Crippen LogP contribution in [0.5, 0.6) is 0 Å². The second-order valence-electron chi connectivity index (χ2n) is 13.4. The molecule has 0 radical (unpaired) electrons. The van der Waals surface area contributed by atoms with Crippen LogP contribution >= 0.6 is 35.3 Å². The molecule has 0 fully saturated rings. The van der Waals surface area contributed by atoms with Gasteiger partial charge in [0.15, 0.2) is 5.82 Å². The van der Waals surface area contributed by atoms with Gasteiger partial charge in [0.25, 0.3) is 0 Å². The van der Waals surface area contributed by atoms with Crippen molar-refractivity contribution < 1.29 is 0 Å². The predicted octanol–water partition coefficient (Wildman–Crippen LogP) is 7.48. The maximum absolute atomic E-state index is 5.08. The average Bonchev–Trinajstić information content (AvgIpc) is 3.71. The van der Waals surface area contributed by atoms with Crippen molar-refractivity contribution in [2.24, 2.45) is 15.0 Å². The largest absolute Gasteiger partial charge is 0.271 e. The first-order valence-corrected chi connectivity index (χ1v) is 17.8. The number of hydrogen-bond acceptors (Lipinski definition) is 11. The fourth-order valence-corrected chi connectivity index (χ4v) is 8.58. The van der Waals surface area contributed by atoms with Crippen molar-refractivity contribution in [1.29, 1.82) is 0 Å². The SMILES string of the molecule is CC1(C)CSC(c2cncc(-c3cc(-c4cncc(C5=NC(C)(C)CS5)c4)nc(-c4cncc(C5=NC(C)(C)CS5)c4)n3)c2)=N1. The first-order chi connectivity index (χ1) is 21.4. The van der Waals surface area contributed by atoms with Gasteiger partial charge in [0, 0.05) is 87.8 Å². The number of pyridine rings is 3. The predicted molar refractivity (Wildman–Crippen MR) is 191 cm³/mol. The fourth-order valence-electron chi connectivity index (χ4n) is 5.14. The molecular formula is C34H34N8S3. The Hall–Kier alpha value is -3.41. The van der Waals surface area contributed by atoms with Gasteiger partial charge in [-0.05, 0) is 65.8 Å². The lowest BCUT2D eigenvalue weighted by Gasteiger charge is -2.11. The molecule has 0 saturated heterocycles. The standard InChI is InChI=1S/C34H34N8S3/c1-32(2)17-43-29(40-32)23-7-20(11-35-14-23)26-10-27(21-8-24(15-36-12-21)30-41-33(3,4)18-44-30)39-28(38-26)22-9-25(16-37-13-22)31-42-34(5,6)19-45-31/h7-16H,17-19H2,1-6H3. The molecule has 3 aliphatic heterocycles. The molecule has 0 amide bonds. The topological polar surface area (TPSA) is 102 Å². The van der Waals surface area contributed by atoms with Gasteiger partial charge in [-0.1, -0.05) is 0 Å². The zero-order valence-corrected chi connectivity index (χ0v) is 28.6. The number of rotatable bonds is 6. The fraction of sp³-hybridized carbons (Fsp3) is 0.353. The van der Waals surface area contributed by atoms with E-state index in [0.29, 0.717) is 5.82 Å². The monoisotopic (exact) mass is 650 g/mol. The molecule has 4 aromatic rings. The van der Waals surface area contributed by atoms with Crippen LogP contribution in [0.2, 0.25) is 0 Å². The van der Waals surface area contributed by atoms with Crippen molar-refractivity contribution in [1.82, 2.24) is 24.9 Å². The number of nitrogens with zero attached hydrogens (tertiary/aromatic N) is 8. The van der Waals surface area contributed by atoms with Gasteiger partial charge in [-0.3, -0.25) is 29.9 Å². The molecule has 0 aliphatic carbocycles. The minimum absolute atomic E-state index is 0.0878. The zero-order chi connectivity index (χ0) is 31.4. The van der Waals surface area contributed by atoms with Crippen molar-refractivity contribution >= 4 is 50.4 Å². The van der Waals surface area contributed by atoms with E-state index in [9.17, 15) is 0 Å². The molecule has 7 rings (SSSR count). The lowest BCUT2D eigenvalue weighted by molar-refractivity contribution is 0.605. The van der Waals surface area contributed by atoms with Crippen LogP contribution in [0.4, 0.5) is 0 Å². The van der Waals surface area contributed by atoms with Crippen LogP contribution in [-0.2, 0) is 0 Å².